The topological polar surface area (TPSA) is 15.4 Å². The van der Waals surface area contributed by atoms with E-state index in [4.69, 9.17) is 0 Å². The maximum absolute atomic E-state index is 14.5. The third kappa shape index (κ3) is 2.91. The number of rotatable bonds is 2. The third-order valence-electron chi connectivity index (χ3n) is 5.08. The Bertz CT molecular complexity index is 1130. The van der Waals surface area contributed by atoms with Gasteiger partial charge in [0.2, 0.25) is 29.1 Å². The summed E-state index contributed by atoms with van der Waals surface area (Å²) < 4.78 is 70.9. The van der Waals surface area contributed by atoms with Crippen LogP contribution in [-0.2, 0) is 0 Å². The van der Waals surface area contributed by atoms with E-state index in [2.05, 4.69) is 5.11 Å². The average molecular weight is 405 g/mol. The van der Waals surface area contributed by atoms with Crippen LogP contribution in [0.1, 0.15) is 5.56 Å². The van der Waals surface area contributed by atoms with Crippen LogP contribution < -0.4 is 4.48 Å². The van der Waals surface area contributed by atoms with Crippen molar-refractivity contribution in [1.29, 1.82) is 0 Å². The molecule has 0 radical (unpaired) electrons. The zero-order valence-corrected chi connectivity index (χ0v) is 15.6. The fourth-order valence-corrected chi connectivity index (χ4v) is 3.56. The molecule has 3 nitrogen and oxygen atoms in total. The van der Waals surface area contributed by atoms with Crippen LogP contribution in [0.5, 0.6) is 0 Å². The lowest BCUT2D eigenvalue weighted by molar-refractivity contribution is -0.531. The Balaban J connectivity index is 2.01. The molecule has 8 heteroatoms. The molecule has 0 spiro atoms. The number of halogens is 5. The lowest BCUT2D eigenvalue weighted by Gasteiger charge is -2.32. The Morgan fingerprint density at radius 1 is 0.828 bits per heavy atom. The monoisotopic (exact) mass is 405 g/mol. The predicted molar refractivity (Wildman–Crippen MR) is 98.1 cm³/mol. The molecule has 1 unspecified atom stereocenters. The van der Waals surface area contributed by atoms with Gasteiger partial charge in [-0.1, -0.05) is 24.3 Å². The summed E-state index contributed by atoms with van der Waals surface area (Å²) in [6, 6.07) is 14.5. The Hall–Kier alpha value is -3.13. The third-order valence-corrected chi connectivity index (χ3v) is 5.08. The summed E-state index contributed by atoms with van der Waals surface area (Å²) >= 11 is 0. The molecular formula is C21H16F5N3+2. The van der Waals surface area contributed by atoms with E-state index >= 15 is 0 Å². The van der Waals surface area contributed by atoms with Crippen LogP contribution >= 0.6 is 0 Å². The van der Waals surface area contributed by atoms with E-state index in [1.807, 2.05) is 37.3 Å². The van der Waals surface area contributed by atoms with Crippen molar-refractivity contribution < 1.29 is 26.6 Å². The molecule has 0 fully saturated rings. The van der Waals surface area contributed by atoms with E-state index in [1.165, 1.54) is 0 Å². The highest BCUT2D eigenvalue weighted by molar-refractivity contribution is 5.71. The molecule has 1 aliphatic heterocycles. The normalized spacial score (nSPS) is 18.4. The Morgan fingerprint density at radius 3 is 2.03 bits per heavy atom. The number of para-hydroxylation sites is 1. The van der Waals surface area contributed by atoms with E-state index in [0.29, 0.717) is 5.69 Å². The molecular weight excluding hydrogens is 389 g/mol. The number of hydrogen-bond donors (Lipinski definition) is 0. The molecule has 4 rings (SSSR count). The van der Waals surface area contributed by atoms with Crippen molar-refractivity contribution >= 4 is 22.7 Å². The first-order valence-electron chi connectivity index (χ1n) is 8.77. The van der Waals surface area contributed by atoms with E-state index in [0.717, 1.165) is 21.6 Å². The summed E-state index contributed by atoms with van der Waals surface area (Å²) in [7, 11) is 1.79. The zero-order valence-electron chi connectivity index (χ0n) is 15.6. The van der Waals surface area contributed by atoms with Crippen molar-refractivity contribution in [3.63, 3.8) is 0 Å². The van der Waals surface area contributed by atoms with Crippen molar-refractivity contribution in [3.8, 4) is 0 Å². The fourth-order valence-electron chi connectivity index (χ4n) is 3.56. The summed E-state index contributed by atoms with van der Waals surface area (Å²) in [6.45, 7) is 1.65. The van der Waals surface area contributed by atoms with Gasteiger partial charge in [-0.05, 0) is 35.4 Å². The van der Waals surface area contributed by atoms with Gasteiger partial charge in [-0.15, -0.1) is 0 Å². The molecule has 0 aromatic heterocycles. The van der Waals surface area contributed by atoms with Gasteiger partial charge in [-0.25, -0.2) is 17.7 Å². The SMILES string of the molecule is Cc1ccc2c(c1)N=[N+](c1c(F)c(F)c(F)c(F)c1F)C[N+]2(C)c1ccccc1. The molecule has 0 saturated heterocycles. The second-order valence-corrected chi connectivity index (χ2v) is 7.08. The molecule has 1 aliphatic rings. The fraction of sp³-hybridized carbons (Fsp3) is 0.143. The summed E-state index contributed by atoms with van der Waals surface area (Å²) in [5, 5.41) is 4.21. The molecule has 1 heterocycles. The Morgan fingerprint density at radius 2 is 1.41 bits per heavy atom. The molecule has 1 atom stereocenters. The molecule has 0 amide bonds. The van der Waals surface area contributed by atoms with Crippen LogP contribution in [0, 0.1) is 36.0 Å². The summed E-state index contributed by atoms with van der Waals surface area (Å²) in [5.41, 5.74) is 1.65. The van der Waals surface area contributed by atoms with Crippen LogP contribution in [-0.4, -0.2) is 18.4 Å². The van der Waals surface area contributed by atoms with Crippen molar-refractivity contribution in [3.05, 3.63) is 83.2 Å². The molecule has 3 aromatic rings. The first-order valence-corrected chi connectivity index (χ1v) is 8.77. The number of fused-ring (bicyclic) bond motifs is 1. The molecule has 0 bridgehead atoms. The zero-order chi connectivity index (χ0) is 20.9. The van der Waals surface area contributed by atoms with E-state index in [1.54, 1.807) is 25.2 Å². The van der Waals surface area contributed by atoms with Gasteiger partial charge >= 0.3 is 12.4 Å². The second-order valence-electron chi connectivity index (χ2n) is 7.08. The summed E-state index contributed by atoms with van der Waals surface area (Å²) in [4.78, 5) is 0. The first kappa shape index (κ1) is 19.2. The largest absolute Gasteiger partial charge is 0.315 e. The van der Waals surface area contributed by atoms with Crippen molar-refractivity contribution in [2.75, 3.05) is 13.7 Å². The number of benzene rings is 3. The van der Waals surface area contributed by atoms with Crippen LogP contribution in [0.3, 0.4) is 0 Å². The highest BCUT2D eigenvalue weighted by atomic mass is 19.2. The van der Waals surface area contributed by atoms with Gasteiger partial charge in [0, 0.05) is 11.2 Å². The number of nitrogens with zero attached hydrogens (tertiary/aromatic N) is 3. The first-order chi connectivity index (χ1) is 13.7. The molecule has 0 N–H and O–H groups in total. The minimum Gasteiger partial charge on any atom is -0.202 e. The van der Waals surface area contributed by atoms with Crippen LogP contribution in [0.15, 0.2) is 53.6 Å². The van der Waals surface area contributed by atoms with Gasteiger partial charge in [-0.3, -0.25) is 0 Å². The standard InChI is InChI=1S/C21H16F5N3/c1-12-8-9-15-14(10-12)27-28(11-29(15,2)13-6-4-3-5-7-13)21-19(25)17(23)16(22)18(24)20(21)26/h3-10H,11H2,1-2H3/q+2. The number of quaternary nitrogens is 1. The van der Waals surface area contributed by atoms with E-state index in [-0.39, 0.29) is 11.2 Å². The van der Waals surface area contributed by atoms with Crippen molar-refractivity contribution in [1.82, 2.24) is 4.48 Å². The lowest BCUT2D eigenvalue weighted by Crippen LogP contribution is -2.46. The quantitative estimate of drug-likeness (QED) is 0.155. The highest BCUT2D eigenvalue weighted by Crippen LogP contribution is 2.45. The molecule has 0 aliphatic carbocycles. The van der Waals surface area contributed by atoms with E-state index in [9.17, 15) is 22.0 Å². The second kappa shape index (κ2) is 6.73. The van der Waals surface area contributed by atoms with Gasteiger partial charge in [-0.2, -0.15) is 8.78 Å². The summed E-state index contributed by atoms with van der Waals surface area (Å²) in [6.07, 6.45) is 0. The average Bonchev–Trinajstić information content (AvgIpc) is 2.71. The molecule has 0 saturated carbocycles. The highest BCUT2D eigenvalue weighted by Gasteiger charge is 2.45. The van der Waals surface area contributed by atoms with Gasteiger partial charge in [0.15, 0.2) is 11.4 Å². The number of hydrogen-bond acceptors (Lipinski definition) is 1. The number of azo groups is 2. The van der Waals surface area contributed by atoms with Gasteiger partial charge in [0.05, 0.1) is 7.05 Å². The van der Waals surface area contributed by atoms with E-state index < -0.39 is 34.8 Å². The van der Waals surface area contributed by atoms with Gasteiger partial charge < -0.3 is 0 Å². The summed E-state index contributed by atoms with van der Waals surface area (Å²) in [5.74, 6) is -10.0. The lowest BCUT2D eigenvalue weighted by atomic mass is 10.1. The maximum atomic E-state index is 14.5. The minimum atomic E-state index is -2.20. The number of aryl methyl sites for hydroxylation is 1. The minimum absolute atomic E-state index is 0.0272. The molecule has 29 heavy (non-hydrogen) atoms. The van der Waals surface area contributed by atoms with Crippen LogP contribution in [0.25, 0.3) is 0 Å². The predicted octanol–water partition coefficient (Wildman–Crippen LogP) is 6.36. The molecule has 3 aromatic carbocycles. The van der Waals surface area contributed by atoms with Crippen molar-refractivity contribution in [2.45, 2.75) is 6.92 Å². The Kier molecular flexibility index (Phi) is 4.46. The van der Waals surface area contributed by atoms with Crippen LogP contribution in [0.2, 0.25) is 0 Å². The Labute approximate surface area is 163 Å². The van der Waals surface area contributed by atoms with Crippen molar-refractivity contribution in [2.24, 2.45) is 5.11 Å². The van der Waals surface area contributed by atoms with Gasteiger partial charge in [0.25, 0.3) is 0 Å². The maximum Gasteiger partial charge on any atom is 0.315 e. The smallest absolute Gasteiger partial charge is 0.202 e. The van der Waals surface area contributed by atoms with Crippen LogP contribution in [0.4, 0.5) is 44.7 Å². The van der Waals surface area contributed by atoms with Gasteiger partial charge in [0.1, 0.15) is 5.69 Å². The molecule has 148 valence electrons.